The number of nitrogens with zero attached hydrogens (tertiary/aromatic N) is 1. The fraction of sp³-hybridized carbons (Fsp3) is 0.214. The van der Waals surface area contributed by atoms with E-state index < -0.39 is 0 Å². The Balaban J connectivity index is 2.31. The number of aryl methyl sites for hydroxylation is 1. The molecular formula is C14H15FN2O. The highest BCUT2D eigenvalue weighted by Crippen LogP contribution is 2.11. The Bertz CT molecular complexity index is 619. The van der Waals surface area contributed by atoms with Gasteiger partial charge in [0.1, 0.15) is 5.82 Å². The van der Waals surface area contributed by atoms with Crippen molar-refractivity contribution in [2.24, 2.45) is 5.73 Å². The monoisotopic (exact) mass is 246 g/mol. The molecule has 3 nitrogen and oxygen atoms in total. The summed E-state index contributed by atoms with van der Waals surface area (Å²) < 4.78 is 15.2. The van der Waals surface area contributed by atoms with Gasteiger partial charge in [0.25, 0.3) is 5.56 Å². The molecule has 0 spiro atoms. The van der Waals surface area contributed by atoms with Crippen LogP contribution < -0.4 is 11.3 Å². The largest absolute Gasteiger partial charge is 0.326 e. The highest BCUT2D eigenvalue weighted by molar-refractivity contribution is 5.25. The predicted octanol–water partition coefficient (Wildman–Crippen LogP) is 1.80. The van der Waals surface area contributed by atoms with Crippen molar-refractivity contribution in [3.63, 3.8) is 0 Å². The maximum absolute atomic E-state index is 13.8. The number of nitrogens with two attached hydrogens (primary N) is 1. The lowest BCUT2D eigenvalue weighted by molar-refractivity contribution is 0.594. The van der Waals surface area contributed by atoms with Crippen LogP contribution in [0.2, 0.25) is 0 Å². The van der Waals surface area contributed by atoms with E-state index in [0.717, 1.165) is 11.1 Å². The molecule has 0 aliphatic rings. The van der Waals surface area contributed by atoms with Crippen LogP contribution in [0.25, 0.3) is 0 Å². The normalized spacial score (nSPS) is 10.6. The summed E-state index contributed by atoms with van der Waals surface area (Å²) in [4.78, 5) is 11.7. The Morgan fingerprint density at radius 1 is 1.28 bits per heavy atom. The van der Waals surface area contributed by atoms with E-state index in [1.807, 2.05) is 13.0 Å². The lowest BCUT2D eigenvalue weighted by Crippen LogP contribution is -2.19. The van der Waals surface area contributed by atoms with Gasteiger partial charge in [0.05, 0.1) is 6.54 Å². The van der Waals surface area contributed by atoms with Crippen LogP contribution >= 0.6 is 0 Å². The van der Waals surface area contributed by atoms with Gasteiger partial charge in [0.2, 0.25) is 0 Å². The molecule has 0 aliphatic heterocycles. The van der Waals surface area contributed by atoms with E-state index in [-0.39, 0.29) is 17.9 Å². The first-order valence-electron chi connectivity index (χ1n) is 5.74. The van der Waals surface area contributed by atoms with Crippen LogP contribution in [0.1, 0.15) is 16.7 Å². The molecule has 0 saturated carbocycles. The van der Waals surface area contributed by atoms with E-state index in [2.05, 4.69) is 0 Å². The Kier molecular flexibility index (Phi) is 3.58. The lowest BCUT2D eigenvalue weighted by Gasteiger charge is -2.08. The van der Waals surface area contributed by atoms with Crippen molar-refractivity contribution in [1.82, 2.24) is 4.57 Å². The maximum atomic E-state index is 13.8. The van der Waals surface area contributed by atoms with Gasteiger partial charge in [0.15, 0.2) is 0 Å². The van der Waals surface area contributed by atoms with Crippen molar-refractivity contribution >= 4 is 0 Å². The van der Waals surface area contributed by atoms with Gasteiger partial charge in [0, 0.05) is 24.4 Å². The Labute approximate surface area is 105 Å². The van der Waals surface area contributed by atoms with E-state index in [1.54, 1.807) is 18.3 Å². The van der Waals surface area contributed by atoms with Gasteiger partial charge < -0.3 is 10.3 Å². The van der Waals surface area contributed by atoms with Crippen molar-refractivity contribution in [3.8, 4) is 0 Å². The second-order valence-electron chi connectivity index (χ2n) is 4.30. The summed E-state index contributed by atoms with van der Waals surface area (Å²) >= 11 is 0. The van der Waals surface area contributed by atoms with E-state index in [4.69, 9.17) is 5.73 Å². The maximum Gasteiger partial charge on any atom is 0.251 e. The van der Waals surface area contributed by atoms with Crippen LogP contribution in [0, 0.1) is 12.7 Å². The Morgan fingerprint density at radius 3 is 2.67 bits per heavy atom. The molecule has 1 aromatic heterocycles. The van der Waals surface area contributed by atoms with Crippen molar-refractivity contribution in [3.05, 3.63) is 69.4 Å². The molecule has 0 atom stereocenters. The number of halogens is 1. The lowest BCUT2D eigenvalue weighted by atomic mass is 10.1. The Morgan fingerprint density at radius 2 is 2.06 bits per heavy atom. The summed E-state index contributed by atoms with van der Waals surface area (Å²) in [5.41, 5.74) is 7.44. The number of rotatable bonds is 3. The molecule has 2 rings (SSSR count). The molecule has 4 heteroatoms. The standard InChI is InChI=1S/C14H15FN2O/c1-10-4-5-17(14(18)6-10)9-12-3-2-11(8-16)7-13(12)15/h2-7H,8-9,16H2,1H3. The van der Waals surface area contributed by atoms with E-state index in [0.29, 0.717) is 12.1 Å². The average molecular weight is 246 g/mol. The van der Waals surface area contributed by atoms with Crippen molar-refractivity contribution < 1.29 is 4.39 Å². The minimum atomic E-state index is -0.328. The highest BCUT2D eigenvalue weighted by atomic mass is 19.1. The molecule has 0 aliphatic carbocycles. The van der Waals surface area contributed by atoms with Gasteiger partial charge in [-0.2, -0.15) is 0 Å². The minimum absolute atomic E-state index is 0.127. The zero-order valence-electron chi connectivity index (χ0n) is 10.2. The van der Waals surface area contributed by atoms with Gasteiger partial charge in [-0.1, -0.05) is 12.1 Å². The number of hydrogen-bond acceptors (Lipinski definition) is 2. The summed E-state index contributed by atoms with van der Waals surface area (Å²) in [6.07, 6.45) is 1.67. The van der Waals surface area contributed by atoms with Crippen LogP contribution in [-0.2, 0) is 13.1 Å². The summed E-state index contributed by atoms with van der Waals surface area (Å²) in [5.74, 6) is -0.328. The number of aromatic nitrogens is 1. The summed E-state index contributed by atoms with van der Waals surface area (Å²) in [6, 6.07) is 8.22. The van der Waals surface area contributed by atoms with Crippen LogP contribution in [0.3, 0.4) is 0 Å². The summed E-state index contributed by atoms with van der Waals surface area (Å²) in [6.45, 7) is 2.39. The number of benzene rings is 1. The molecule has 1 aromatic carbocycles. The topological polar surface area (TPSA) is 48.0 Å². The Hall–Kier alpha value is -1.94. The van der Waals surface area contributed by atoms with Crippen LogP contribution in [-0.4, -0.2) is 4.57 Å². The van der Waals surface area contributed by atoms with Crippen molar-refractivity contribution in [2.45, 2.75) is 20.0 Å². The molecule has 0 radical (unpaired) electrons. The first-order chi connectivity index (χ1) is 8.60. The summed E-state index contributed by atoms with van der Waals surface area (Å²) in [7, 11) is 0. The number of pyridine rings is 1. The molecule has 0 unspecified atom stereocenters. The van der Waals surface area contributed by atoms with Gasteiger partial charge in [-0.25, -0.2) is 4.39 Å². The molecule has 0 saturated heterocycles. The van der Waals surface area contributed by atoms with E-state index in [1.165, 1.54) is 16.7 Å². The fourth-order valence-corrected chi connectivity index (χ4v) is 1.77. The SMILES string of the molecule is Cc1ccn(Cc2ccc(CN)cc2F)c(=O)c1. The van der Waals surface area contributed by atoms with E-state index >= 15 is 0 Å². The highest BCUT2D eigenvalue weighted by Gasteiger charge is 2.05. The smallest absolute Gasteiger partial charge is 0.251 e. The minimum Gasteiger partial charge on any atom is -0.326 e. The molecule has 0 bridgehead atoms. The van der Waals surface area contributed by atoms with Crippen molar-refractivity contribution in [2.75, 3.05) is 0 Å². The predicted molar refractivity (Wildman–Crippen MR) is 68.8 cm³/mol. The molecular weight excluding hydrogens is 231 g/mol. The second-order valence-corrected chi connectivity index (χ2v) is 4.30. The average Bonchev–Trinajstić information content (AvgIpc) is 2.34. The molecule has 2 N–H and O–H groups in total. The molecule has 0 amide bonds. The van der Waals surface area contributed by atoms with Gasteiger partial charge in [-0.15, -0.1) is 0 Å². The third kappa shape index (κ3) is 2.65. The third-order valence-electron chi connectivity index (χ3n) is 2.85. The molecule has 94 valence electrons. The van der Waals surface area contributed by atoms with Crippen LogP contribution in [0.4, 0.5) is 4.39 Å². The quantitative estimate of drug-likeness (QED) is 0.897. The summed E-state index contributed by atoms with van der Waals surface area (Å²) in [5, 5.41) is 0. The van der Waals surface area contributed by atoms with Crippen LogP contribution in [0.15, 0.2) is 41.3 Å². The first kappa shape index (κ1) is 12.5. The third-order valence-corrected chi connectivity index (χ3v) is 2.85. The number of hydrogen-bond donors (Lipinski definition) is 1. The zero-order valence-corrected chi connectivity index (χ0v) is 10.2. The second kappa shape index (κ2) is 5.14. The fourth-order valence-electron chi connectivity index (χ4n) is 1.77. The van der Waals surface area contributed by atoms with E-state index in [9.17, 15) is 9.18 Å². The zero-order chi connectivity index (χ0) is 13.1. The molecule has 2 aromatic rings. The van der Waals surface area contributed by atoms with Gasteiger partial charge in [-0.3, -0.25) is 4.79 Å². The van der Waals surface area contributed by atoms with Crippen LogP contribution in [0.5, 0.6) is 0 Å². The van der Waals surface area contributed by atoms with Crippen molar-refractivity contribution in [1.29, 1.82) is 0 Å². The van der Waals surface area contributed by atoms with Gasteiger partial charge in [-0.05, 0) is 30.2 Å². The first-order valence-corrected chi connectivity index (χ1v) is 5.74. The molecule has 1 heterocycles. The molecule has 18 heavy (non-hydrogen) atoms. The molecule has 0 fully saturated rings. The van der Waals surface area contributed by atoms with Gasteiger partial charge >= 0.3 is 0 Å².